The van der Waals surface area contributed by atoms with Gasteiger partial charge in [-0.15, -0.1) is 11.3 Å². The van der Waals surface area contributed by atoms with E-state index in [2.05, 4.69) is 22.6 Å². The van der Waals surface area contributed by atoms with Gasteiger partial charge in [0.05, 0.1) is 19.8 Å². The van der Waals surface area contributed by atoms with Crippen molar-refractivity contribution in [2.45, 2.75) is 44.5 Å². The molecule has 0 fully saturated rings. The van der Waals surface area contributed by atoms with Crippen molar-refractivity contribution in [3.63, 3.8) is 0 Å². The molecule has 0 bridgehead atoms. The summed E-state index contributed by atoms with van der Waals surface area (Å²) in [6.07, 6.45) is 0.603. The Balaban J connectivity index is 1.92. The van der Waals surface area contributed by atoms with Gasteiger partial charge >= 0.3 is 5.97 Å². The van der Waals surface area contributed by atoms with E-state index in [-0.39, 0.29) is 16.3 Å². The largest absolute Gasteiger partial charge is 0.496 e. The molecule has 164 valence electrons. The Morgan fingerprint density at radius 1 is 1.23 bits per heavy atom. The van der Waals surface area contributed by atoms with Crippen molar-refractivity contribution < 1.29 is 22.7 Å². The van der Waals surface area contributed by atoms with Crippen molar-refractivity contribution in [2.24, 2.45) is 0 Å². The number of sulfonamides is 1. The molecule has 0 unspecified atom stereocenters. The van der Waals surface area contributed by atoms with Crippen LogP contribution in [-0.2, 0) is 34.3 Å². The van der Waals surface area contributed by atoms with Crippen LogP contribution in [0.2, 0.25) is 0 Å². The Labute approximate surface area is 182 Å². The van der Waals surface area contributed by atoms with Crippen molar-refractivity contribution in [1.82, 2.24) is 9.62 Å². The van der Waals surface area contributed by atoms with E-state index in [0.717, 1.165) is 34.8 Å². The third-order valence-corrected chi connectivity index (χ3v) is 8.82. The lowest BCUT2D eigenvalue weighted by atomic mass is 9.99. The number of ether oxygens (including phenoxy) is 2. The molecule has 0 saturated heterocycles. The molecular formula is C21H28N2O5S2. The Bertz CT molecular complexity index is 1060. The van der Waals surface area contributed by atoms with Gasteiger partial charge in [0.15, 0.2) is 0 Å². The molecule has 0 radical (unpaired) electrons. The number of hydrogen-bond acceptors (Lipinski definition) is 7. The summed E-state index contributed by atoms with van der Waals surface area (Å²) in [6, 6.07) is 4.06. The molecule has 1 aromatic heterocycles. The van der Waals surface area contributed by atoms with E-state index in [4.69, 9.17) is 9.47 Å². The van der Waals surface area contributed by atoms with Gasteiger partial charge in [0.2, 0.25) is 0 Å². The van der Waals surface area contributed by atoms with Gasteiger partial charge in [-0.2, -0.15) is 0 Å². The number of rotatable bonds is 7. The number of benzene rings is 1. The van der Waals surface area contributed by atoms with Crippen LogP contribution in [0.25, 0.3) is 0 Å². The highest BCUT2D eigenvalue weighted by Gasteiger charge is 2.33. The third-order valence-electron chi connectivity index (χ3n) is 5.54. The highest BCUT2D eigenvalue weighted by Crippen LogP contribution is 2.37. The van der Waals surface area contributed by atoms with Crippen molar-refractivity contribution in [2.75, 3.05) is 27.3 Å². The molecule has 0 atom stereocenters. The zero-order valence-corrected chi connectivity index (χ0v) is 19.6. The summed E-state index contributed by atoms with van der Waals surface area (Å²) in [7, 11) is -0.805. The number of thiophene rings is 1. The molecule has 1 aliphatic heterocycles. The van der Waals surface area contributed by atoms with E-state index >= 15 is 0 Å². The number of hydrogen-bond donors (Lipinski definition) is 1. The van der Waals surface area contributed by atoms with Crippen LogP contribution in [0.5, 0.6) is 5.75 Å². The van der Waals surface area contributed by atoms with Crippen LogP contribution in [0, 0.1) is 13.8 Å². The average molecular weight is 453 g/mol. The third kappa shape index (κ3) is 4.25. The van der Waals surface area contributed by atoms with Crippen LogP contribution < -0.4 is 9.46 Å². The number of methoxy groups -OCH3 is 2. The molecule has 9 heteroatoms. The number of carbonyl (C=O) groups is 1. The molecule has 30 heavy (non-hydrogen) atoms. The smallest absolute Gasteiger partial charge is 0.340 e. The highest BCUT2D eigenvalue weighted by atomic mass is 32.2. The van der Waals surface area contributed by atoms with E-state index < -0.39 is 16.0 Å². The van der Waals surface area contributed by atoms with Gasteiger partial charge < -0.3 is 9.47 Å². The maximum atomic E-state index is 12.7. The second-order valence-corrected chi connectivity index (χ2v) is 10.4. The highest BCUT2D eigenvalue weighted by molar-refractivity contribution is 7.91. The van der Waals surface area contributed by atoms with Crippen LogP contribution in [-0.4, -0.2) is 46.6 Å². The van der Waals surface area contributed by atoms with Crippen molar-refractivity contribution in [3.05, 3.63) is 44.8 Å². The van der Waals surface area contributed by atoms with Gasteiger partial charge in [-0.3, -0.25) is 4.90 Å². The predicted molar refractivity (Wildman–Crippen MR) is 117 cm³/mol. The van der Waals surface area contributed by atoms with Gasteiger partial charge in [-0.25, -0.2) is 17.9 Å². The second-order valence-electron chi connectivity index (χ2n) is 7.30. The first-order valence-electron chi connectivity index (χ1n) is 9.81. The molecule has 1 N–H and O–H groups in total. The van der Waals surface area contributed by atoms with Gasteiger partial charge in [-0.05, 0) is 48.6 Å². The number of nitrogens with one attached hydrogen (secondary N) is 1. The minimum Gasteiger partial charge on any atom is -0.496 e. The molecule has 1 aromatic carbocycles. The summed E-state index contributed by atoms with van der Waals surface area (Å²) in [6.45, 7) is 8.18. The molecule has 0 amide bonds. The van der Waals surface area contributed by atoms with Gasteiger partial charge in [0, 0.05) is 31.1 Å². The normalized spacial score (nSPS) is 14.4. The number of nitrogens with zero attached hydrogens (tertiary/aromatic N) is 1. The minimum absolute atomic E-state index is 0.0551. The lowest BCUT2D eigenvalue weighted by molar-refractivity contribution is 0.0595. The van der Waals surface area contributed by atoms with E-state index in [9.17, 15) is 13.2 Å². The summed E-state index contributed by atoms with van der Waals surface area (Å²) >= 11 is 1.17. The summed E-state index contributed by atoms with van der Waals surface area (Å²) in [5.74, 6) is 0.274. The zero-order chi connectivity index (χ0) is 22.1. The van der Waals surface area contributed by atoms with Crippen molar-refractivity contribution in [3.8, 4) is 5.75 Å². The second kappa shape index (κ2) is 9.05. The Morgan fingerprint density at radius 3 is 2.60 bits per heavy atom. The topological polar surface area (TPSA) is 84.9 Å². The Kier molecular flexibility index (Phi) is 6.86. The average Bonchev–Trinajstić information content (AvgIpc) is 3.11. The van der Waals surface area contributed by atoms with Crippen LogP contribution >= 0.6 is 11.3 Å². The summed E-state index contributed by atoms with van der Waals surface area (Å²) in [5, 5.41) is 0. The first kappa shape index (κ1) is 22.7. The quantitative estimate of drug-likeness (QED) is 0.650. The fourth-order valence-corrected chi connectivity index (χ4v) is 6.82. The lowest BCUT2D eigenvalue weighted by Crippen LogP contribution is -2.30. The molecule has 1 aliphatic rings. The SMILES string of the molecule is CCNS(=O)(=O)c1sc2c(c1C(=O)OC)CCN(Cc1ccc(OC)c(C)c1C)C2. The van der Waals surface area contributed by atoms with E-state index in [1.807, 2.05) is 13.0 Å². The Hall–Kier alpha value is -1.94. The molecule has 0 saturated carbocycles. The number of carbonyl (C=O) groups excluding carboxylic acids is 1. The molecule has 2 heterocycles. The fourth-order valence-electron chi connectivity index (χ4n) is 3.80. The molecular weight excluding hydrogens is 424 g/mol. The standard InChI is InChI=1S/C21H28N2O5S2/c1-6-22-30(25,26)21-19(20(24)28-5)16-9-10-23(12-18(16)29-21)11-15-7-8-17(27-4)14(3)13(15)2/h7-8,22H,6,9-12H2,1-5H3. The summed E-state index contributed by atoms with van der Waals surface area (Å²) < 4.78 is 38.2. The fraction of sp³-hybridized carbons (Fsp3) is 0.476. The van der Waals surface area contributed by atoms with E-state index in [1.54, 1.807) is 14.0 Å². The van der Waals surface area contributed by atoms with E-state index in [0.29, 0.717) is 13.0 Å². The lowest BCUT2D eigenvalue weighted by Gasteiger charge is -2.28. The first-order valence-corrected chi connectivity index (χ1v) is 12.1. The molecule has 2 aromatic rings. The summed E-state index contributed by atoms with van der Waals surface area (Å²) in [5.41, 5.74) is 4.51. The van der Waals surface area contributed by atoms with Gasteiger partial charge in [0.1, 0.15) is 9.96 Å². The van der Waals surface area contributed by atoms with Crippen LogP contribution in [0.1, 0.15) is 44.4 Å². The van der Waals surface area contributed by atoms with Crippen LogP contribution in [0.3, 0.4) is 0 Å². The van der Waals surface area contributed by atoms with Crippen molar-refractivity contribution in [1.29, 1.82) is 0 Å². The minimum atomic E-state index is -3.75. The summed E-state index contributed by atoms with van der Waals surface area (Å²) in [4.78, 5) is 15.6. The molecule has 0 aliphatic carbocycles. The maximum absolute atomic E-state index is 12.7. The number of esters is 1. The first-order chi connectivity index (χ1) is 14.2. The molecule has 7 nitrogen and oxygen atoms in total. The number of fused-ring (bicyclic) bond motifs is 1. The molecule has 3 rings (SSSR count). The van der Waals surface area contributed by atoms with Crippen LogP contribution in [0.4, 0.5) is 0 Å². The predicted octanol–water partition coefficient (Wildman–Crippen LogP) is 3.02. The van der Waals surface area contributed by atoms with E-state index in [1.165, 1.54) is 29.6 Å². The zero-order valence-electron chi connectivity index (χ0n) is 18.0. The van der Waals surface area contributed by atoms with Crippen LogP contribution in [0.15, 0.2) is 16.3 Å². The monoisotopic (exact) mass is 452 g/mol. The van der Waals surface area contributed by atoms with Gasteiger partial charge in [0.25, 0.3) is 10.0 Å². The Morgan fingerprint density at radius 2 is 1.97 bits per heavy atom. The van der Waals surface area contributed by atoms with Gasteiger partial charge in [-0.1, -0.05) is 13.0 Å². The maximum Gasteiger partial charge on any atom is 0.340 e. The molecule has 0 spiro atoms. The van der Waals surface area contributed by atoms with Crippen molar-refractivity contribution >= 4 is 27.3 Å².